The Hall–Kier alpha value is -3.16. The minimum absolute atomic E-state index is 0.0309. The zero-order chi connectivity index (χ0) is 18.8. The minimum atomic E-state index is -0.138. The van der Waals surface area contributed by atoms with E-state index in [2.05, 4.69) is 25.5 Å². The molecule has 8 nitrogen and oxygen atoms in total. The van der Waals surface area contributed by atoms with Gasteiger partial charge in [0.1, 0.15) is 0 Å². The fourth-order valence-electron chi connectivity index (χ4n) is 3.60. The number of carbonyl (C=O) groups is 2. The van der Waals surface area contributed by atoms with Crippen molar-refractivity contribution in [2.75, 3.05) is 41.8 Å². The fraction of sp³-hybridized carbons (Fsp3) is 0.368. The molecule has 2 N–H and O–H groups in total. The van der Waals surface area contributed by atoms with Gasteiger partial charge in [-0.25, -0.2) is 9.97 Å². The summed E-state index contributed by atoms with van der Waals surface area (Å²) in [4.78, 5) is 37.0. The lowest BCUT2D eigenvalue weighted by atomic mass is 10.0. The number of carbonyl (C=O) groups excluding carboxylic acids is 2. The van der Waals surface area contributed by atoms with Gasteiger partial charge in [-0.1, -0.05) is 0 Å². The lowest BCUT2D eigenvalue weighted by Crippen LogP contribution is -2.48. The summed E-state index contributed by atoms with van der Waals surface area (Å²) in [5.74, 6) is 0.477. The Labute approximate surface area is 157 Å². The number of amides is 2. The van der Waals surface area contributed by atoms with Crippen LogP contribution < -0.4 is 20.4 Å². The normalized spacial score (nSPS) is 19.3. The molecule has 0 spiro atoms. The lowest BCUT2D eigenvalue weighted by molar-refractivity contribution is -0.115. The highest BCUT2D eigenvalue weighted by atomic mass is 16.2. The van der Waals surface area contributed by atoms with Crippen LogP contribution in [0.4, 0.5) is 17.3 Å². The monoisotopic (exact) mass is 366 g/mol. The summed E-state index contributed by atoms with van der Waals surface area (Å²) in [5.41, 5.74) is 2.12. The standard InChI is InChI=1S/C19H22N6O2/c1-24-12-17(26)23-15-10-13(5-6-16(15)24)18(27)22-14-4-2-9-25(11-14)19-20-7-3-8-21-19/h3,5-8,10,14H,2,4,9,11-12H2,1H3,(H,22,27)(H,23,26). The van der Waals surface area contributed by atoms with Gasteiger partial charge >= 0.3 is 0 Å². The number of nitrogens with one attached hydrogen (secondary N) is 2. The predicted octanol–water partition coefficient (Wildman–Crippen LogP) is 1.26. The average Bonchev–Trinajstić information content (AvgIpc) is 2.68. The minimum Gasteiger partial charge on any atom is -0.364 e. The van der Waals surface area contributed by atoms with Gasteiger partial charge in [0.05, 0.1) is 17.9 Å². The van der Waals surface area contributed by atoms with Gasteiger partial charge in [0, 0.05) is 44.1 Å². The van der Waals surface area contributed by atoms with Gasteiger partial charge in [-0.2, -0.15) is 0 Å². The van der Waals surface area contributed by atoms with Crippen LogP contribution in [-0.2, 0) is 4.79 Å². The number of anilines is 3. The van der Waals surface area contributed by atoms with Crippen LogP contribution in [-0.4, -0.2) is 54.5 Å². The van der Waals surface area contributed by atoms with Crippen LogP contribution in [0.1, 0.15) is 23.2 Å². The smallest absolute Gasteiger partial charge is 0.251 e. The van der Waals surface area contributed by atoms with Gasteiger partial charge < -0.3 is 20.4 Å². The second kappa shape index (κ2) is 7.22. The molecule has 27 heavy (non-hydrogen) atoms. The SMILES string of the molecule is CN1CC(=O)Nc2cc(C(=O)NC3CCCN(c4ncccn4)C3)ccc21. The summed E-state index contributed by atoms with van der Waals surface area (Å²) in [6, 6.07) is 7.22. The fourth-order valence-corrected chi connectivity index (χ4v) is 3.60. The maximum Gasteiger partial charge on any atom is 0.251 e. The topological polar surface area (TPSA) is 90.5 Å². The first-order valence-electron chi connectivity index (χ1n) is 9.08. The summed E-state index contributed by atoms with van der Waals surface area (Å²) >= 11 is 0. The van der Waals surface area contributed by atoms with Crippen molar-refractivity contribution in [1.82, 2.24) is 15.3 Å². The Balaban J connectivity index is 1.45. The number of hydrogen-bond acceptors (Lipinski definition) is 6. The van der Waals surface area contributed by atoms with E-state index in [4.69, 9.17) is 0 Å². The number of nitrogens with zero attached hydrogens (tertiary/aromatic N) is 4. The second-order valence-electron chi connectivity index (χ2n) is 6.94. The van der Waals surface area contributed by atoms with Crippen molar-refractivity contribution in [2.24, 2.45) is 0 Å². The van der Waals surface area contributed by atoms with Crippen molar-refractivity contribution in [3.05, 3.63) is 42.2 Å². The molecule has 1 aromatic heterocycles. The highest BCUT2D eigenvalue weighted by Crippen LogP contribution is 2.29. The van der Waals surface area contributed by atoms with E-state index in [-0.39, 0.29) is 17.9 Å². The third-order valence-electron chi connectivity index (χ3n) is 4.92. The summed E-state index contributed by atoms with van der Waals surface area (Å²) in [6.45, 7) is 1.88. The van der Waals surface area contributed by atoms with E-state index >= 15 is 0 Å². The van der Waals surface area contributed by atoms with E-state index in [1.807, 2.05) is 18.0 Å². The molecule has 0 saturated carbocycles. The number of benzene rings is 1. The van der Waals surface area contributed by atoms with E-state index < -0.39 is 0 Å². The van der Waals surface area contributed by atoms with Gasteiger partial charge in [-0.15, -0.1) is 0 Å². The maximum absolute atomic E-state index is 12.7. The van der Waals surface area contributed by atoms with Gasteiger partial charge in [0.2, 0.25) is 11.9 Å². The summed E-state index contributed by atoms with van der Waals surface area (Å²) in [7, 11) is 1.86. The van der Waals surface area contributed by atoms with Crippen LogP contribution in [0.2, 0.25) is 0 Å². The molecule has 8 heteroatoms. The number of aromatic nitrogens is 2. The van der Waals surface area contributed by atoms with Crippen molar-refractivity contribution in [3.63, 3.8) is 0 Å². The molecule has 1 fully saturated rings. The molecule has 3 heterocycles. The summed E-state index contributed by atoms with van der Waals surface area (Å²) in [6.07, 6.45) is 5.33. The van der Waals surface area contributed by atoms with Crippen molar-refractivity contribution >= 4 is 29.1 Å². The first-order valence-corrected chi connectivity index (χ1v) is 9.08. The molecule has 1 aromatic carbocycles. The zero-order valence-electron chi connectivity index (χ0n) is 15.2. The summed E-state index contributed by atoms with van der Waals surface area (Å²) < 4.78 is 0. The number of hydrogen-bond donors (Lipinski definition) is 2. The Bertz CT molecular complexity index is 857. The van der Waals surface area contributed by atoms with Crippen LogP contribution in [0, 0.1) is 0 Å². The van der Waals surface area contributed by atoms with Crippen LogP contribution in [0.3, 0.4) is 0 Å². The first-order chi connectivity index (χ1) is 13.1. The third kappa shape index (κ3) is 3.69. The number of rotatable bonds is 3. The molecule has 0 aliphatic carbocycles. The molecule has 1 saturated heterocycles. The Morgan fingerprint density at radius 2 is 2.11 bits per heavy atom. The first kappa shape index (κ1) is 17.3. The molecular formula is C19H22N6O2. The number of fused-ring (bicyclic) bond motifs is 1. The number of likely N-dealkylation sites (N-methyl/N-ethyl adjacent to an activating group) is 1. The van der Waals surface area contributed by atoms with Crippen molar-refractivity contribution in [2.45, 2.75) is 18.9 Å². The van der Waals surface area contributed by atoms with Crippen LogP contribution in [0.25, 0.3) is 0 Å². The van der Waals surface area contributed by atoms with Crippen LogP contribution in [0.15, 0.2) is 36.7 Å². The quantitative estimate of drug-likeness (QED) is 0.850. The largest absolute Gasteiger partial charge is 0.364 e. The van der Waals surface area contributed by atoms with E-state index in [1.54, 1.807) is 30.6 Å². The predicted molar refractivity (Wildman–Crippen MR) is 103 cm³/mol. The van der Waals surface area contributed by atoms with Crippen molar-refractivity contribution in [1.29, 1.82) is 0 Å². The Morgan fingerprint density at radius 3 is 2.93 bits per heavy atom. The molecule has 2 aromatic rings. The van der Waals surface area contributed by atoms with Gasteiger partial charge in [-0.05, 0) is 37.1 Å². The van der Waals surface area contributed by atoms with Gasteiger partial charge in [-0.3, -0.25) is 9.59 Å². The third-order valence-corrected chi connectivity index (χ3v) is 4.92. The van der Waals surface area contributed by atoms with Gasteiger partial charge in [0.25, 0.3) is 5.91 Å². The molecule has 0 radical (unpaired) electrons. The van der Waals surface area contributed by atoms with Crippen LogP contribution in [0.5, 0.6) is 0 Å². The van der Waals surface area contributed by atoms with E-state index in [9.17, 15) is 9.59 Å². The second-order valence-corrected chi connectivity index (χ2v) is 6.94. The molecule has 1 unspecified atom stereocenters. The zero-order valence-corrected chi connectivity index (χ0v) is 15.2. The van der Waals surface area contributed by atoms with Gasteiger partial charge in [0.15, 0.2) is 0 Å². The number of piperidine rings is 1. The molecule has 0 bridgehead atoms. The highest BCUT2D eigenvalue weighted by molar-refractivity contribution is 6.03. The Kier molecular flexibility index (Phi) is 4.62. The van der Waals surface area contributed by atoms with E-state index in [1.165, 1.54) is 0 Å². The molecule has 2 aliphatic rings. The average molecular weight is 366 g/mol. The molecular weight excluding hydrogens is 344 g/mol. The molecule has 140 valence electrons. The molecule has 4 rings (SSSR count). The summed E-state index contributed by atoms with van der Waals surface area (Å²) in [5, 5.41) is 5.93. The molecule has 2 amide bonds. The maximum atomic E-state index is 12.7. The van der Waals surface area contributed by atoms with Crippen molar-refractivity contribution < 1.29 is 9.59 Å². The van der Waals surface area contributed by atoms with E-state index in [0.29, 0.717) is 30.3 Å². The molecule has 2 aliphatic heterocycles. The van der Waals surface area contributed by atoms with Crippen molar-refractivity contribution in [3.8, 4) is 0 Å². The Morgan fingerprint density at radius 1 is 1.30 bits per heavy atom. The lowest BCUT2D eigenvalue weighted by Gasteiger charge is -2.33. The highest BCUT2D eigenvalue weighted by Gasteiger charge is 2.25. The molecule has 1 atom stereocenters. The van der Waals surface area contributed by atoms with E-state index in [0.717, 1.165) is 25.1 Å². The van der Waals surface area contributed by atoms with Crippen LogP contribution >= 0.6 is 0 Å².